The molecule has 35 heavy (non-hydrogen) atoms. The molecule has 2 aromatic heterocycles. The number of fused-ring (bicyclic) bond motifs is 2. The minimum Gasteiger partial charge on any atom is -0.493 e. The molecule has 0 bridgehead atoms. The molecule has 8 nitrogen and oxygen atoms in total. The summed E-state index contributed by atoms with van der Waals surface area (Å²) in [5, 5.41) is 0.844. The summed E-state index contributed by atoms with van der Waals surface area (Å²) in [6.45, 7) is 2.49. The summed E-state index contributed by atoms with van der Waals surface area (Å²) in [7, 11) is 3.17. The number of nitrogens with two attached hydrogens (primary N) is 1. The van der Waals surface area contributed by atoms with Gasteiger partial charge in [0.1, 0.15) is 16.7 Å². The Bertz CT molecular complexity index is 1560. The number of carbonyl (C=O) groups is 1. The number of nitrogens with zero attached hydrogens (tertiary/aromatic N) is 3. The number of ether oxygens (including phenoxy) is 3. The van der Waals surface area contributed by atoms with E-state index in [1.54, 1.807) is 21.1 Å². The number of hydrogen-bond acceptors (Lipinski definition) is 8. The van der Waals surface area contributed by atoms with Crippen LogP contribution in [0.5, 0.6) is 11.5 Å². The zero-order valence-corrected chi connectivity index (χ0v) is 20.4. The van der Waals surface area contributed by atoms with Crippen LogP contribution in [-0.2, 0) is 11.3 Å². The Morgan fingerprint density at radius 1 is 0.971 bits per heavy atom. The van der Waals surface area contributed by atoms with Gasteiger partial charge in [0, 0.05) is 28.7 Å². The maximum atomic E-state index is 13.4. The number of benzene rings is 3. The number of hydrogen-bond donors (Lipinski definition) is 1. The first-order valence-corrected chi connectivity index (χ1v) is 11.8. The van der Waals surface area contributed by atoms with Crippen molar-refractivity contribution in [3.05, 3.63) is 65.9 Å². The lowest BCUT2D eigenvalue weighted by atomic mass is 10.0. The van der Waals surface area contributed by atoms with E-state index < -0.39 is 5.97 Å². The van der Waals surface area contributed by atoms with Gasteiger partial charge in [-0.15, -0.1) is 0 Å². The van der Waals surface area contributed by atoms with Gasteiger partial charge < -0.3 is 24.5 Å². The van der Waals surface area contributed by atoms with E-state index in [1.165, 1.54) is 11.7 Å². The summed E-state index contributed by atoms with van der Waals surface area (Å²) in [6, 6.07) is 17.2. The van der Waals surface area contributed by atoms with Gasteiger partial charge >= 0.3 is 5.97 Å². The molecule has 3 aromatic carbocycles. The van der Waals surface area contributed by atoms with E-state index >= 15 is 0 Å². The standard InChI is InChI=1S/C26H24N4O4S/c1-4-34-26(31)25-24(16-6-10-22(32-2)23(12-16)33-3)18-13-17(27)7-9-21(18)30(25)14-15-5-8-19-20(11-15)29-35-28-19/h5-13H,4,14,27H2,1-3H3. The lowest BCUT2D eigenvalue weighted by Crippen LogP contribution is -2.14. The number of esters is 1. The Hall–Kier alpha value is -4.11. The molecule has 2 heterocycles. The topological polar surface area (TPSA) is 101 Å². The zero-order chi connectivity index (χ0) is 24.5. The van der Waals surface area contributed by atoms with Crippen molar-refractivity contribution >= 4 is 45.3 Å². The average Bonchev–Trinajstić information content (AvgIpc) is 3.45. The van der Waals surface area contributed by atoms with Crippen LogP contribution in [0.25, 0.3) is 33.1 Å². The summed E-state index contributed by atoms with van der Waals surface area (Å²) in [4.78, 5) is 13.4. The fourth-order valence-corrected chi connectivity index (χ4v) is 4.86. The van der Waals surface area contributed by atoms with E-state index in [4.69, 9.17) is 19.9 Å². The van der Waals surface area contributed by atoms with Crippen LogP contribution >= 0.6 is 11.7 Å². The van der Waals surface area contributed by atoms with Gasteiger partial charge in [-0.3, -0.25) is 0 Å². The van der Waals surface area contributed by atoms with Crippen LogP contribution in [0.4, 0.5) is 5.69 Å². The number of nitrogen functional groups attached to an aromatic ring is 1. The van der Waals surface area contributed by atoms with Gasteiger partial charge in [-0.1, -0.05) is 12.1 Å². The van der Waals surface area contributed by atoms with Crippen LogP contribution < -0.4 is 15.2 Å². The maximum absolute atomic E-state index is 13.4. The fraction of sp³-hybridized carbons (Fsp3) is 0.192. The summed E-state index contributed by atoms with van der Waals surface area (Å²) >= 11 is 1.18. The third kappa shape index (κ3) is 4.04. The molecule has 0 spiro atoms. The van der Waals surface area contributed by atoms with Crippen molar-refractivity contribution in [1.29, 1.82) is 0 Å². The van der Waals surface area contributed by atoms with Crippen LogP contribution in [-0.4, -0.2) is 40.1 Å². The molecule has 5 rings (SSSR count). The van der Waals surface area contributed by atoms with Crippen LogP contribution in [0.3, 0.4) is 0 Å². The minimum atomic E-state index is -0.413. The van der Waals surface area contributed by atoms with Crippen molar-refractivity contribution in [2.24, 2.45) is 0 Å². The molecule has 0 aliphatic rings. The Balaban J connectivity index is 1.78. The van der Waals surface area contributed by atoms with Gasteiger partial charge in [-0.25, -0.2) is 4.79 Å². The van der Waals surface area contributed by atoms with E-state index in [1.807, 2.05) is 59.2 Å². The highest BCUT2D eigenvalue weighted by Gasteiger charge is 2.26. The number of anilines is 1. The molecule has 9 heteroatoms. The third-order valence-electron chi connectivity index (χ3n) is 5.89. The number of rotatable bonds is 7. The lowest BCUT2D eigenvalue weighted by molar-refractivity contribution is 0.0516. The molecule has 0 atom stereocenters. The molecular formula is C26H24N4O4S. The largest absolute Gasteiger partial charge is 0.493 e. The predicted molar refractivity (Wildman–Crippen MR) is 137 cm³/mol. The third-order valence-corrected chi connectivity index (χ3v) is 6.44. The van der Waals surface area contributed by atoms with Gasteiger partial charge in [0.25, 0.3) is 0 Å². The Morgan fingerprint density at radius 3 is 2.54 bits per heavy atom. The molecular weight excluding hydrogens is 464 g/mol. The Kier molecular flexibility index (Phi) is 6.00. The van der Waals surface area contributed by atoms with Crippen molar-refractivity contribution in [3.8, 4) is 22.6 Å². The Labute approximate surface area is 206 Å². The van der Waals surface area contributed by atoms with Crippen LogP contribution in [0, 0.1) is 0 Å². The van der Waals surface area contributed by atoms with Gasteiger partial charge in [0.2, 0.25) is 0 Å². The lowest BCUT2D eigenvalue weighted by Gasteiger charge is -2.13. The van der Waals surface area contributed by atoms with E-state index in [2.05, 4.69) is 8.75 Å². The highest BCUT2D eigenvalue weighted by molar-refractivity contribution is 7.00. The average molecular weight is 489 g/mol. The second-order valence-electron chi connectivity index (χ2n) is 7.96. The van der Waals surface area contributed by atoms with Crippen molar-refractivity contribution in [1.82, 2.24) is 13.3 Å². The van der Waals surface area contributed by atoms with Crippen molar-refractivity contribution < 1.29 is 19.0 Å². The molecule has 0 amide bonds. The van der Waals surface area contributed by atoms with Gasteiger partial charge in [-0.2, -0.15) is 8.75 Å². The summed E-state index contributed by atoms with van der Waals surface area (Å²) in [5.41, 5.74) is 12.3. The second kappa shape index (κ2) is 9.27. The molecule has 0 aliphatic carbocycles. The summed E-state index contributed by atoms with van der Waals surface area (Å²) in [5.74, 6) is 0.747. The molecule has 178 valence electrons. The number of carbonyl (C=O) groups excluding carboxylic acids is 1. The molecule has 0 unspecified atom stereocenters. The molecule has 0 aliphatic heterocycles. The van der Waals surface area contributed by atoms with E-state index in [-0.39, 0.29) is 6.61 Å². The second-order valence-corrected chi connectivity index (χ2v) is 8.49. The molecule has 0 fully saturated rings. The first-order valence-electron chi connectivity index (χ1n) is 11.1. The van der Waals surface area contributed by atoms with E-state index in [0.29, 0.717) is 29.4 Å². The van der Waals surface area contributed by atoms with Gasteiger partial charge in [0.15, 0.2) is 11.5 Å². The van der Waals surface area contributed by atoms with Crippen molar-refractivity contribution in [2.75, 3.05) is 26.6 Å². The summed E-state index contributed by atoms with van der Waals surface area (Å²) in [6.07, 6.45) is 0. The molecule has 0 radical (unpaired) electrons. The minimum absolute atomic E-state index is 0.254. The van der Waals surface area contributed by atoms with Crippen LogP contribution in [0.15, 0.2) is 54.6 Å². The smallest absolute Gasteiger partial charge is 0.355 e. The van der Waals surface area contributed by atoms with Crippen LogP contribution in [0.1, 0.15) is 23.0 Å². The highest BCUT2D eigenvalue weighted by atomic mass is 32.1. The van der Waals surface area contributed by atoms with E-state index in [9.17, 15) is 4.79 Å². The first-order chi connectivity index (χ1) is 17.0. The number of aromatic nitrogens is 3. The fourth-order valence-electron chi connectivity index (χ4n) is 4.34. The van der Waals surface area contributed by atoms with Crippen LogP contribution in [0.2, 0.25) is 0 Å². The zero-order valence-electron chi connectivity index (χ0n) is 19.6. The normalized spacial score (nSPS) is 11.2. The molecule has 0 saturated heterocycles. The number of methoxy groups -OCH3 is 2. The molecule has 5 aromatic rings. The van der Waals surface area contributed by atoms with Gasteiger partial charge in [-0.05, 0) is 60.5 Å². The molecule has 0 saturated carbocycles. The maximum Gasteiger partial charge on any atom is 0.355 e. The monoisotopic (exact) mass is 488 g/mol. The SMILES string of the molecule is CCOC(=O)c1c(-c2ccc(OC)c(OC)c2)c2cc(N)ccc2n1Cc1ccc2nsnc2c1. The quantitative estimate of drug-likeness (QED) is 0.250. The predicted octanol–water partition coefficient (Wildman–Crippen LogP) is 5.14. The molecule has 2 N–H and O–H groups in total. The Morgan fingerprint density at radius 2 is 1.77 bits per heavy atom. The van der Waals surface area contributed by atoms with Gasteiger partial charge in [0.05, 0.1) is 32.6 Å². The first kappa shape index (κ1) is 22.7. The van der Waals surface area contributed by atoms with Crippen molar-refractivity contribution in [3.63, 3.8) is 0 Å². The highest BCUT2D eigenvalue weighted by Crippen LogP contribution is 2.40. The van der Waals surface area contributed by atoms with Crippen molar-refractivity contribution in [2.45, 2.75) is 13.5 Å². The summed E-state index contributed by atoms with van der Waals surface area (Å²) < 4.78 is 27.1. The van der Waals surface area contributed by atoms with E-state index in [0.717, 1.165) is 38.6 Å².